The van der Waals surface area contributed by atoms with Crippen molar-refractivity contribution in [2.24, 2.45) is 11.7 Å². The molecule has 3 rings (SSSR count). The number of carbonyl (C=O) groups is 2. The van der Waals surface area contributed by atoms with Crippen molar-refractivity contribution in [3.8, 4) is 5.75 Å². The van der Waals surface area contributed by atoms with Gasteiger partial charge in [0.2, 0.25) is 5.91 Å². The third kappa shape index (κ3) is 4.18. The Hall–Kier alpha value is -2.08. The summed E-state index contributed by atoms with van der Waals surface area (Å²) in [5.41, 5.74) is 6.94. The number of nitrogens with two attached hydrogens (primary N) is 1. The molecule has 2 N–H and O–H groups in total. The van der Waals surface area contributed by atoms with Crippen LogP contribution in [-0.2, 0) is 9.59 Å². The predicted octanol–water partition coefficient (Wildman–Crippen LogP) is 1.56. The Labute approximate surface area is 155 Å². The third-order valence-corrected chi connectivity index (χ3v) is 5.47. The summed E-state index contributed by atoms with van der Waals surface area (Å²) in [5, 5.41) is 0. The van der Waals surface area contributed by atoms with E-state index in [-0.39, 0.29) is 23.8 Å². The molecular weight excluding hydrogens is 330 g/mol. The van der Waals surface area contributed by atoms with Crippen molar-refractivity contribution in [1.82, 2.24) is 9.80 Å². The number of benzene rings is 1. The average Bonchev–Trinajstić information content (AvgIpc) is 3.09. The quantitative estimate of drug-likeness (QED) is 0.885. The van der Waals surface area contributed by atoms with Gasteiger partial charge in [-0.05, 0) is 44.7 Å². The lowest BCUT2D eigenvalue weighted by atomic mass is 10.1. The van der Waals surface area contributed by atoms with Crippen LogP contribution in [0.2, 0.25) is 0 Å². The first-order chi connectivity index (χ1) is 12.5. The van der Waals surface area contributed by atoms with Crippen LogP contribution in [0.1, 0.15) is 31.7 Å². The lowest BCUT2D eigenvalue weighted by Crippen LogP contribution is -2.54. The first kappa shape index (κ1) is 18.7. The van der Waals surface area contributed by atoms with E-state index >= 15 is 0 Å². The minimum Gasteiger partial charge on any atom is -0.481 e. The topological polar surface area (TPSA) is 75.9 Å². The molecule has 0 bridgehead atoms. The summed E-state index contributed by atoms with van der Waals surface area (Å²) in [7, 11) is 0. The summed E-state index contributed by atoms with van der Waals surface area (Å²) in [6.07, 6.45) is 2.08. The number of carbonyl (C=O) groups excluding carboxylic acids is 2. The van der Waals surface area contributed by atoms with Crippen molar-refractivity contribution < 1.29 is 14.3 Å². The lowest BCUT2D eigenvalue weighted by Gasteiger charge is -2.37. The molecule has 2 aliphatic rings. The maximum atomic E-state index is 12.7. The molecule has 1 aromatic rings. The van der Waals surface area contributed by atoms with E-state index < -0.39 is 6.10 Å². The fraction of sp³-hybridized carbons (Fsp3) is 0.600. The molecule has 3 atom stereocenters. The third-order valence-electron chi connectivity index (χ3n) is 5.47. The Morgan fingerprint density at radius 3 is 2.38 bits per heavy atom. The van der Waals surface area contributed by atoms with Crippen LogP contribution in [0.5, 0.6) is 5.75 Å². The second-order valence-electron chi connectivity index (χ2n) is 7.45. The highest BCUT2D eigenvalue weighted by molar-refractivity contribution is 5.82. The van der Waals surface area contributed by atoms with E-state index in [0.717, 1.165) is 30.6 Å². The molecule has 1 aliphatic heterocycles. The zero-order valence-corrected chi connectivity index (χ0v) is 15.7. The molecule has 142 valence electrons. The van der Waals surface area contributed by atoms with E-state index in [1.54, 1.807) is 11.8 Å². The minimum atomic E-state index is -0.536. The molecule has 0 spiro atoms. The van der Waals surface area contributed by atoms with Gasteiger partial charge in [0, 0.05) is 38.1 Å². The zero-order chi connectivity index (χ0) is 18.7. The van der Waals surface area contributed by atoms with Crippen molar-refractivity contribution >= 4 is 11.8 Å². The Bertz CT molecular complexity index is 655. The highest BCUT2D eigenvalue weighted by Gasteiger charge is 2.34. The van der Waals surface area contributed by atoms with Crippen LogP contribution >= 0.6 is 0 Å². The summed E-state index contributed by atoms with van der Waals surface area (Å²) >= 11 is 0. The van der Waals surface area contributed by atoms with Gasteiger partial charge < -0.3 is 20.3 Å². The lowest BCUT2D eigenvalue weighted by molar-refractivity contribution is -0.145. The predicted molar refractivity (Wildman–Crippen MR) is 99.7 cm³/mol. The van der Waals surface area contributed by atoms with E-state index in [4.69, 9.17) is 10.5 Å². The van der Waals surface area contributed by atoms with Gasteiger partial charge in [-0.3, -0.25) is 9.59 Å². The van der Waals surface area contributed by atoms with Crippen LogP contribution < -0.4 is 10.5 Å². The highest BCUT2D eigenvalue weighted by atomic mass is 16.5. The fourth-order valence-electron chi connectivity index (χ4n) is 3.83. The van der Waals surface area contributed by atoms with Crippen molar-refractivity contribution in [3.05, 3.63) is 29.8 Å². The Morgan fingerprint density at radius 1 is 1.12 bits per heavy atom. The number of rotatable bonds is 4. The molecule has 26 heavy (non-hydrogen) atoms. The minimum absolute atomic E-state index is 0.0248. The number of piperazine rings is 1. The van der Waals surface area contributed by atoms with Gasteiger partial charge in [0.05, 0.1) is 0 Å². The molecule has 1 aromatic carbocycles. The summed E-state index contributed by atoms with van der Waals surface area (Å²) in [4.78, 5) is 28.9. The fourth-order valence-corrected chi connectivity index (χ4v) is 3.83. The summed E-state index contributed by atoms with van der Waals surface area (Å²) < 4.78 is 5.84. The van der Waals surface area contributed by atoms with E-state index in [9.17, 15) is 9.59 Å². The van der Waals surface area contributed by atoms with Gasteiger partial charge in [0.25, 0.3) is 5.91 Å². The van der Waals surface area contributed by atoms with Gasteiger partial charge >= 0.3 is 0 Å². The zero-order valence-electron chi connectivity index (χ0n) is 15.7. The van der Waals surface area contributed by atoms with Crippen LogP contribution in [-0.4, -0.2) is 59.9 Å². The highest BCUT2D eigenvalue weighted by Crippen LogP contribution is 2.26. The van der Waals surface area contributed by atoms with E-state index in [0.29, 0.717) is 26.2 Å². The maximum absolute atomic E-state index is 12.7. The molecule has 6 nitrogen and oxygen atoms in total. The van der Waals surface area contributed by atoms with Gasteiger partial charge in [0.15, 0.2) is 6.10 Å². The molecule has 0 radical (unpaired) electrons. The summed E-state index contributed by atoms with van der Waals surface area (Å²) in [6, 6.07) is 7.85. The summed E-state index contributed by atoms with van der Waals surface area (Å²) in [6.45, 7) is 6.05. The Morgan fingerprint density at radius 2 is 1.77 bits per heavy atom. The van der Waals surface area contributed by atoms with Crippen LogP contribution in [0.25, 0.3) is 0 Å². The molecule has 1 heterocycles. The largest absolute Gasteiger partial charge is 0.481 e. The molecule has 2 amide bonds. The van der Waals surface area contributed by atoms with Crippen LogP contribution in [0, 0.1) is 12.8 Å². The van der Waals surface area contributed by atoms with E-state index in [1.165, 1.54) is 0 Å². The van der Waals surface area contributed by atoms with Gasteiger partial charge in [-0.1, -0.05) is 18.2 Å². The second kappa shape index (κ2) is 8.08. The number of amides is 2. The van der Waals surface area contributed by atoms with Crippen molar-refractivity contribution in [3.63, 3.8) is 0 Å². The maximum Gasteiger partial charge on any atom is 0.263 e. The standard InChI is InChI=1S/C20H29N3O3/c1-14-5-3-4-6-18(14)26-15(2)19(24)22-9-11-23(12-10-22)20(25)16-7-8-17(21)13-16/h3-6,15-17H,7-13,21H2,1-2H3. The first-order valence-electron chi connectivity index (χ1n) is 9.51. The molecule has 0 aromatic heterocycles. The molecule has 2 fully saturated rings. The van der Waals surface area contributed by atoms with Crippen molar-refractivity contribution in [2.45, 2.75) is 45.3 Å². The van der Waals surface area contributed by atoms with Gasteiger partial charge in [0.1, 0.15) is 5.75 Å². The molecule has 6 heteroatoms. The number of hydrogen-bond donors (Lipinski definition) is 1. The Kier molecular flexibility index (Phi) is 5.81. The molecule has 1 aliphatic carbocycles. The van der Waals surface area contributed by atoms with E-state index in [1.807, 2.05) is 36.1 Å². The van der Waals surface area contributed by atoms with Crippen LogP contribution in [0.4, 0.5) is 0 Å². The normalized spacial score (nSPS) is 24.4. The Balaban J connectivity index is 1.50. The van der Waals surface area contributed by atoms with E-state index in [2.05, 4.69) is 0 Å². The van der Waals surface area contributed by atoms with Crippen molar-refractivity contribution in [1.29, 1.82) is 0 Å². The number of ether oxygens (including phenoxy) is 1. The van der Waals surface area contributed by atoms with Gasteiger partial charge in [-0.15, -0.1) is 0 Å². The first-order valence-corrected chi connectivity index (χ1v) is 9.51. The number of aryl methyl sites for hydroxylation is 1. The monoisotopic (exact) mass is 359 g/mol. The molecule has 1 saturated heterocycles. The van der Waals surface area contributed by atoms with Gasteiger partial charge in [-0.2, -0.15) is 0 Å². The van der Waals surface area contributed by atoms with Crippen LogP contribution in [0.15, 0.2) is 24.3 Å². The molecular formula is C20H29N3O3. The number of nitrogens with zero attached hydrogens (tertiary/aromatic N) is 2. The average molecular weight is 359 g/mol. The SMILES string of the molecule is Cc1ccccc1OC(C)C(=O)N1CCN(C(=O)C2CCC(N)C2)CC1. The van der Waals surface area contributed by atoms with Crippen LogP contribution in [0.3, 0.4) is 0 Å². The summed E-state index contributed by atoms with van der Waals surface area (Å²) in [5.74, 6) is 0.979. The van der Waals surface area contributed by atoms with Gasteiger partial charge in [-0.25, -0.2) is 0 Å². The van der Waals surface area contributed by atoms with Crippen molar-refractivity contribution in [2.75, 3.05) is 26.2 Å². The number of hydrogen-bond acceptors (Lipinski definition) is 4. The smallest absolute Gasteiger partial charge is 0.263 e. The molecule has 1 saturated carbocycles. The number of para-hydroxylation sites is 1. The molecule has 3 unspecified atom stereocenters. The second-order valence-corrected chi connectivity index (χ2v) is 7.45.